The Balaban J connectivity index is 1.61. The highest BCUT2D eigenvalue weighted by Gasteiger charge is 2.56. The third-order valence-corrected chi connectivity index (χ3v) is 8.88. The Bertz CT molecular complexity index is 1180. The first kappa shape index (κ1) is 26.4. The second kappa shape index (κ2) is 10.4. The van der Waals surface area contributed by atoms with Crippen LogP contribution in [0.1, 0.15) is 86.3 Å². The van der Waals surface area contributed by atoms with E-state index in [1.54, 1.807) is 12.1 Å². The Morgan fingerprint density at radius 2 is 1.92 bits per heavy atom. The number of benzene rings is 2. The third-order valence-electron chi connectivity index (χ3n) is 8.19. The van der Waals surface area contributed by atoms with Crippen LogP contribution in [-0.4, -0.2) is 35.8 Å². The van der Waals surface area contributed by atoms with Gasteiger partial charge in [0.05, 0.1) is 17.7 Å². The van der Waals surface area contributed by atoms with Gasteiger partial charge in [0.1, 0.15) is 6.61 Å². The first-order chi connectivity index (χ1) is 17.1. The molecule has 0 unspecified atom stereocenters. The number of oxime groups is 1. The Hall–Kier alpha value is -2.67. The molecule has 2 aliphatic rings. The van der Waals surface area contributed by atoms with Crippen molar-refractivity contribution in [1.29, 1.82) is 0 Å². The van der Waals surface area contributed by atoms with Crippen molar-refractivity contribution < 1.29 is 19.5 Å². The topological polar surface area (TPSA) is 88.0 Å². The monoisotopic (exact) mass is 554 g/mol. The summed E-state index contributed by atoms with van der Waals surface area (Å²) in [7, 11) is 0. The summed E-state index contributed by atoms with van der Waals surface area (Å²) in [5.41, 5.74) is 3.66. The molecule has 6 nitrogen and oxygen atoms in total. The van der Waals surface area contributed by atoms with Crippen LogP contribution in [0.4, 0.5) is 0 Å². The minimum atomic E-state index is -0.835. The summed E-state index contributed by atoms with van der Waals surface area (Å²) in [6.45, 7) is 8.97. The normalized spacial score (nSPS) is 26.3. The molecule has 0 spiro atoms. The summed E-state index contributed by atoms with van der Waals surface area (Å²) in [5, 5.41) is 17.6. The van der Waals surface area contributed by atoms with Crippen molar-refractivity contribution in [3.8, 4) is 0 Å². The quantitative estimate of drug-likeness (QED) is 0.311. The van der Waals surface area contributed by atoms with Crippen LogP contribution in [0.15, 0.2) is 52.1 Å². The number of rotatable bonds is 7. The van der Waals surface area contributed by atoms with Gasteiger partial charge >= 0.3 is 5.97 Å². The van der Waals surface area contributed by atoms with E-state index in [1.807, 2.05) is 25.1 Å². The van der Waals surface area contributed by atoms with E-state index in [9.17, 15) is 14.7 Å². The van der Waals surface area contributed by atoms with Gasteiger partial charge in [-0.05, 0) is 78.8 Å². The highest BCUT2D eigenvalue weighted by Crippen LogP contribution is 2.58. The van der Waals surface area contributed by atoms with Gasteiger partial charge in [-0.15, -0.1) is 0 Å². The lowest BCUT2D eigenvalue weighted by molar-refractivity contribution is -0.156. The maximum absolute atomic E-state index is 12.5. The molecule has 0 heterocycles. The molecule has 2 aromatic rings. The largest absolute Gasteiger partial charge is 0.481 e. The number of amides is 1. The second-order valence-electron chi connectivity index (χ2n) is 10.8. The van der Waals surface area contributed by atoms with E-state index in [0.29, 0.717) is 30.9 Å². The Morgan fingerprint density at radius 3 is 2.58 bits per heavy atom. The van der Waals surface area contributed by atoms with E-state index in [0.717, 1.165) is 34.2 Å². The summed E-state index contributed by atoms with van der Waals surface area (Å²) in [6, 6.07) is 13.4. The number of nitrogens with zero attached hydrogens (tertiary/aromatic N) is 1. The predicted octanol–water partition coefficient (Wildman–Crippen LogP) is 6.28. The van der Waals surface area contributed by atoms with Crippen molar-refractivity contribution in [3.05, 3.63) is 69.2 Å². The molecule has 1 fully saturated rings. The van der Waals surface area contributed by atoms with Crippen LogP contribution in [0.3, 0.4) is 0 Å². The van der Waals surface area contributed by atoms with Gasteiger partial charge in [0, 0.05) is 15.6 Å². The molecule has 7 heteroatoms. The molecule has 0 bridgehead atoms. The van der Waals surface area contributed by atoms with Crippen LogP contribution < -0.4 is 5.32 Å². The van der Waals surface area contributed by atoms with Gasteiger partial charge in [0.25, 0.3) is 5.91 Å². The minimum absolute atomic E-state index is 0.0966. The van der Waals surface area contributed by atoms with E-state index in [-0.39, 0.29) is 23.8 Å². The average molecular weight is 556 g/mol. The SMILES string of the molecule is CC(C)c1cc2c(cc1Br)[C@@]1(C)CCC[C@@](C)(C(=O)O)[C@@H]1C/C2=N\OCCNC(=O)c1ccccc1. The number of halogens is 1. The molecule has 36 heavy (non-hydrogen) atoms. The molecule has 0 aromatic heterocycles. The van der Waals surface area contributed by atoms with E-state index in [2.05, 4.69) is 59.3 Å². The molecule has 0 radical (unpaired) electrons. The molecule has 0 aliphatic heterocycles. The maximum Gasteiger partial charge on any atom is 0.309 e. The lowest BCUT2D eigenvalue weighted by Crippen LogP contribution is -2.53. The number of carbonyl (C=O) groups excluding carboxylic acids is 1. The van der Waals surface area contributed by atoms with Crippen LogP contribution in [0.2, 0.25) is 0 Å². The van der Waals surface area contributed by atoms with Crippen molar-refractivity contribution >= 4 is 33.5 Å². The van der Waals surface area contributed by atoms with E-state index in [1.165, 1.54) is 5.56 Å². The molecule has 1 saturated carbocycles. The van der Waals surface area contributed by atoms with Crippen molar-refractivity contribution in [2.45, 2.75) is 64.7 Å². The second-order valence-corrected chi connectivity index (χ2v) is 11.7. The fourth-order valence-electron chi connectivity index (χ4n) is 6.06. The molecule has 4 rings (SSSR count). The van der Waals surface area contributed by atoms with Crippen molar-refractivity contribution in [2.24, 2.45) is 16.5 Å². The van der Waals surface area contributed by atoms with E-state index < -0.39 is 11.4 Å². The number of nitrogens with one attached hydrogen (secondary N) is 1. The number of fused-ring (bicyclic) bond motifs is 3. The average Bonchev–Trinajstić information content (AvgIpc) is 2.84. The number of hydrogen-bond donors (Lipinski definition) is 2. The summed E-state index contributed by atoms with van der Waals surface area (Å²) in [5.74, 6) is -0.679. The number of hydrogen-bond acceptors (Lipinski definition) is 4. The fraction of sp³-hybridized carbons (Fsp3) is 0.483. The molecular formula is C29H35BrN2O4. The third kappa shape index (κ3) is 4.82. The molecular weight excluding hydrogens is 520 g/mol. The summed E-state index contributed by atoms with van der Waals surface area (Å²) < 4.78 is 1.05. The van der Waals surface area contributed by atoms with Gasteiger partial charge in [0.2, 0.25) is 0 Å². The molecule has 192 valence electrons. The predicted molar refractivity (Wildman–Crippen MR) is 145 cm³/mol. The number of aliphatic carboxylic acids is 1. The number of carbonyl (C=O) groups is 2. The van der Waals surface area contributed by atoms with Gasteiger partial charge in [-0.3, -0.25) is 9.59 Å². The zero-order chi connectivity index (χ0) is 26.1. The molecule has 2 N–H and O–H groups in total. The Kier molecular flexibility index (Phi) is 7.60. The van der Waals surface area contributed by atoms with Gasteiger partial charge in [0.15, 0.2) is 0 Å². The van der Waals surface area contributed by atoms with Crippen LogP contribution in [0.5, 0.6) is 0 Å². The van der Waals surface area contributed by atoms with Gasteiger partial charge in [-0.1, -0.05) is 66.5 Å². The molecule has 2 aromatic carbocycles. The van der Waals surface area contributed by atoms with Crippen LogP contribution in [0, 0.1) is 11.3 Å². The lowest BCUT2D eigenvalue weighted by Gasteiger charge is -2.53. The zero-order valence-electron chi connectivity index (χ0n) is 21.4. The van der Waals surface area contributed by atoms with Crippen molar-refractivity contribution in [3.63, 3.8) is 0 Å². The van der Waals surface area contributed by atoms with Crippen LogP contribution in [0.25, 0.3) is 0 Å². The standard InChI is InChI=1S/C29H35BrN2O4/c1-18(2)20-15-21-22(16-23(20)30)28(3)11-8-12-29(4,27(34)35)25(28)17-24(21)32-36-14-13-31-26(33)19-9-6-5-7-10-19/h5-7,9-10,15-16,18,25H,8,11-14,17H2,1-4H3,(H,31,33)(H,34,35)/b32-24+/t25-,28-,29-/m1/s1. The van der Waals surface area contributed by atoms with Gasteiger partial charge in [-0.2, -0.15) is 0 Å². The van der Waals surface area contributed by atoms with E-state index >= 15 is 0 Å². The van der Waals surface area contributed by atoms with Crippen molar-refractivity contribution in [1.82, 2.24) is 5.32 Å². The van der Waals surface area contributed by atoms with Gasteiger partial charge in [-0.25, -0.2) is 0 Å². The minimum Gasteiger partial charge on any atom is -0.481 e. The molecule has 3 atom stereocenters. The highest BCUT2D eigenvalue weighted by atomic mass is 79.9. The molecule has 1 amide bonds. The molecule has 0 saturated heterocycles. The summed E-state index contributed by atoms with van der Waals surface area (Å²) in [6.07, 6.45) is 3.02. The molecule has 2 aliphatic carbocycles. The maximum atomic E-state index is 12.5. The smallest absolute Gasteiger partial charge is 0.309 e. The first-order valence-corrected chi connectivity index (χ1v) is 13.5. The number of carboxylic acids is 1. The summed E-state index contributed by atoms with van der Waals surface area (Å²) >= 11 is 3.77. The Labute approximate surface area is 221 Å². The van der Waals surface area contributed by atoms with Crippen molar-refractivity contribution in [2.75, 3.05) is 13.2 Å². The van der Waals surface area contributed by atoms with Gasteiger partial charge < -0.3 is 15.3 Å². The first-order valence-electron chi connectivity index (χ1n) is 12.7. The van der Waals surface area contributed by atoms with E-state index in [4.69, 9.17) is 4.84 Å². The Morgan fingerprint density at radius 1 is 1.19 bits per heavy atom. The fourth-order valence-corrected chi connectivity index (χ4v) is 6.86. The summed E-state index contributed by atoms with van der Waals surface area (Å²) in [4.78, 5) is 30.4. The highest BCUT2D eigenvalue weighted by molar-refractivity contribution is 9.10. The lowest BCUT2D eigenvalue weighted by atomic mass is 9.49. The van der Waals surface area contributed by atoms with Crippen LogP contribution in [-0.2, 0) is 15.0 Å². The zero-order valence-corrected chi connectivity index (χ0v) is 23.0. The number of carboxylic acid groups (broad SMARTS) is 1. The van der Waals surface area contributed by atoms with Crippen LogP contribution >= 0.6 is 15.9 Å².